The van der Waals surface area contributed by atoms with Gasteiger partial charge in [-0.3, -0.25) is 9.59 Å². The maximum absolute atomic E-state index is 11.9. The van der Waals surface area contributed by atoms with Crippen molar-refractivity contribution in [3.05, 3.63) is 46.5 Å². The highest BCUT2D eigenvalue weighted by Gasteiger charge is 2.19. The molecule has 1 rings (SSSR count). The Labute approximate surface area is 143 Å². The molecule has 0 spiro atoms. The van der Waals surface area contributed by atoms with Crippen molar-refractivity contribution < 1.29 is 19.5 Å². The highest BCUT2D eigenvalue weighted by atomic mass is 35.5. The Morgan fingerprint density at radius 2 is 1.96 bits per heavy atom. The molecule has 0 aromatic heterocycles. The standard InChI is InChI=1S/C15H16Cl2N2O4/c1-2-3-4-12(15(22)23)19-13(20)8-18-14(21)9-5-6-10(16)11(17)7-9/h2,5-7,12H,1,3-4,8H2,(H,18,21)(H,19,20)(H,22,23). The fraction of sp³-hybridized carbons (Fsp3) is 0.267. The number of carbonyl (C=O) groups excluding carboxylic acids is 2. The molecule has 0 fully saturated rings. The first-order valence-corrected chi connectivity index (χ1v) is 7.47. The summed E-state index contributed by atoms with van der Waals surface area (Å²) < 4.78 is 0. The molecule has 124 valence electrons. The molecule has 0 radical (unpaired) electrons. The molecule has 8 heteroatoms. The SMILES string of the molecule is C=CCCC(NC(=O)CNC(=O)c1ccc(Cl)c(Cl)c1)C(=O)O. The maximum Gasteiger partial charge on any atom is 0.326 e. The van der Waals surface area contributed by atoms with Crippen LogP contribution in [0, 0.1) is 0 Å². The summed E-state index contributed by atoms with van der Waals surface area (Å²) in [6, 6.07) is 3.28. The molecule has 1 aromatic rings. The summed E-state index contributed by atoms with van der Waals surface area (Å²) in [5.41, 5.74) is 0.244. The number of hydrogen-bond donors (Lipinski definition) is 3. The van der Waals surface area contributed by atoms with Gasteiger partial charge in [0.15, 0.2) is 0 Å². The quantitative estimate of drug-likeness (QED) is 0.621. The second-order valence-corrected chi connectivity index (χ2v) is 5.45. The van der Waals surface area contributed by atoms with Crippen LogP contribution >= 0.6 is 23.2 Å². The Balaban J connectivity index is 2.54. The van der Waals surface area contributed by atoms with Gasteiger partial charge < -0.3 is 15.7 Å². The van der Waals surface area contributed by atoms with Crippen molar-refractivity contribution in [2.24, 2.45) is 0 Å². The normalized spacial score (nSPS) is 11.4. The molecule has 0 saturated carbocycles. The first-order valence-electron chi connectivity index (χ1n) is 6.71. The molecule has 1 atom stereocenters. The van der Waals surface area contributed by atoms with Crippen molar-refractivity contribution in [1.29, 1.82) is 0 Å². The van der Waals surface area contributed by atoms with Gasteiger partial charge in [-0.15, -0.1) is 6.58 Å². The summed E-state index contributed by atoms with van der Waals surface area (Å²) in [6.07, 6.45) is 2.24. The van der Waals surface area contributed by atoms with Crippen LogP contribution in [0.3, 0.4) is 0 Å². The monoisotopic (exact) mass is 358 g/mol. The van der Waals surface area contributed by atoms with E-state index in [4.69, 9.17) is 28.3 Å². The molecule has 1 aromatic carbocycles. The summed E-state index contributed by atoms with van der Waals surface area (Å²) >= 11 is 11.6. The van der Waals surface area contributed by atoms with Gasteiger partial charge in [0.1, 0.15) is 6.04 Å². The van der Waals surface area contributed by atoms with E-state index in [0.29, 0.717) is 11.4 Å². The maximum atomic E-state index is 11.9. The zero-order valence-corrected chi connectivity index (χ0v) is 13.7. The van der Waals surface area contributed by atoms with Crippen LogP contribution in [0.2, 0.25) is 10.0 Å². The number of carboxylic acids is 1. The summed E-state index contributed by atoms with van der Waals surface area (Å²) in [7, 11) is 0. The van der Waals surface area contributed by atoms with Gasteiger partial charge in [0.2, 0.25) is 5.91 Å². The molecule has 3 N–H and O–H groups in total. The molecule has 6 nitrogen and oxygen atoms in total. The highest BCUT2D eigenvalue weighted by molar-refractivity contribution is 6.42. The van der Waals surface area contributed by atoms with Crippen LogP contribution in [0.25, 0.3) is 0 Å². The Hall–Kier alpha value is -2.05. The van der Waals surface area contributed by atoms with E-state index in [2.05, 4.69) is 17.2 Å². The number of benzene rings is 1. The van der Waals surface area contributed by atoms with Gasteiger partial charge in [-0.1, -0.05) is 29.3 Å². The lowest BCUT2D eigenvalue weighted by molar-refractivity contribution is -0.141. The van der Waals surface area contributed by atoms with Crippen LogP contribution in [0.15, 0.2) is 30.9 Å². The van der Waals surface area contributed by atoms with E-state index >= 15 is 0 Å². The third-order valence-corrected chi connectivity index (χ3v) is 3.62. The lowest BCUT2D eigenvalue weighted by atomic mass is 10.1. The molecule has 2 amide bonds. The lowest BCUT2D eigenvalue weighted by Crippen LogP contribution is -2.45. The molecular weight excluding hydrogens is 343 g/mol. The van der Waals surface area contributed by atoms with Crippen molar-refractivity contribution in [3.63, 3.8) is 0 Å². The first-order chi connectivity index (χ1) is 10.8. The number of hydrogen-bond acceptors (Lipinski definition) is 3. The zero-order valence-electron chi connectivity index (χ0n) is 12.1. The fourth-order valence-corrected chi connectivity index (χ4v) is 1.99. The number of nitrogens with one attached hydrogen (secondary N) is 2. The van der Waals surface area contributed by atoms with E-state index in [0.717, 1.165) is 0 Å². The third-order valence-electron chi connectivity index (χ3n) is 2.88. The van der Waals surface area contributed by atoms with E-state index in [1.807, 2.05) is 0 Å². The molecule has 0 saturated heterocycles. The molecular formula is C15H16Cl2N2O4. The predicted molar refractivity (Wildman–Crippen MR) is 87.8 cm³/mol. The molecule has 23 heavy (non-hydrogen) atoms. The van der Waals surface area contributed by atoms with Gasteiger partial charge in [0.05, 0.1) is 16.6 Å². The van der Waals surface area contributed by atoms with Crippen LogP contribution in [0.5, 0.6) is 0 Å². The molecule has 0 aliphatic rings. The van der Waals surface area contributed by atoms with Crippen LogP contribution in [0.4, 0.5) is 0 Å². The molecule has 0 aliphatic heterocycles. The third kappa shape index (κ3) is 6.30. The van der Waals surface area contributed by atoms with E-state index in [1.165, 1.54) is 18.2 Å². The smallest absolute Gasteiger partial charge is 0.326 e. The van der Waals surface area contributed by atoms with Crippen molar-refractivity contribution >= 4 is 41.0 Å². The number of carboxylic acid groups (broad SMARTS) is 1. The Morgan fingerprint density at radius 1 is 1.26 bits per heavy atom. The van der Waals surface area contributed by atoms with E-state index in [-0.39, 0.29) is 23.6 Å². The van der Waals surface area contributed by atoms with E-state index in [1.54, 1.807) is 6.08 Å². The van der Waals surface area contributed by atoms with Crippen LogP contribution in [-0.4, -0.2) is 35.5 Å². The zero-order chi connectivity index (χ0) is 17.4. The molecule has 1 unspecified atom stereocenters. The molecule has 0 heterocycles. The predicted octanol–water partition coefficient (Wildman–Crippen LogP) is 2.26. The summed E-state index contributed by atoms with van der Waals surface area (Å²) in [5, 5.41) is 14.2. The number of allylic oxidation sites excluding steroid dienone is 1. The Bertz CT molecular complexity index is 619. The second kappa shape index (κ2) is 9.17. The Morgan fingerprint density at radius 3 is 2.52 bits per heavy atom. The highest BCUT2D eigenvalue weighted by Crippen LogP contribution is 2.22. The number of amides is 2. The number of carbonyl (C=O) groups is 3. The van der Waals surface area contributed by atoms with Gasteiger partial charge in [-0.05, 0) is 31.0 Å². The number of rotatable bonds is 8. The van der Waals surface area contributed by atoms with Crippen LogP contribution < -0.4 is 10.6 Å². The van der Waals surface area contributed by atoms with Crippen molar-refractivity contribution in [3.8, 4) is 0 Å². The Kier molecular flexibility index (Phi) is 7.57. The van der Waals surface area contributed by atoms with Crippen LogP contribution in [-0.2, 0) is 9.59 Å². The fourth-order valence-electron chi connectivity index (χ4n) is 1.69. The summed E-state index contributed by atoms with van der Waals surface area (Å²) in [5.74, 6) is -2.26. The number of halogens is 2. The van der Waals surface area contributed by atoms with Crippen LogP contribution in [0.1, 0.15) is 23.2 Å². The van der Waals surface area contributed by atoms with Gasteiger partial charge in [0, 0.05) is 5.56 Å². The van der Waals surface area contributed by atoms with Gasteiger partial charge in [0.25, 0.3) is 5.91 Å². The molecule has 0 bridgehead atoms. The van der Waals surface area contributed by atoms with Gasteiger partial charge in [-0.2, -0.15) is 0 Å². The van der Waals surface area contributed by atoms with Gasteiger partial charge in [-0.25, -0.2) is 4.79 Å². The topological polar surface area (TPSA) is 95.5 Å². The van der Waals surface area contributed by atoms with E-state index < -0.39 is 23.8 Å². The van der Waals surface area contributed by atoms with Crippen molar-refractivity contribution in [1.82, 2.24) is 10.6 Å². The van der Waals surface area contributed by atoms with Crippen molar-refractivity contribution in [2.75, 3.05) is 6.54 Å². The largest absolute Gasteiger partial charge is 0.480 e. The summed E-state index contributed by atoms with van der Waals surface area (Å²) in [6.45, 7) is 3.14. The average molecular weight is 359 g/mol. The minimum atomic E-state index is -1.14. The first kappa shape index (κ1) is 19.0. The average Bonchev–Trinajstić information content (AvgIpc) is 2.51. The second-order valence-electron chi connectivity index (χ2n) is 4.64. The minimum absolute atomic E-state index is 0.221. The van der Waals surface area contributed by atoms with Crippen molar-refractivity contribution in [2.45, 2.75) is 18.9 Å². The molecule has 0 aliphatic carbocycles. The number of aliphatic carboxylic acids is 1. The lowest BCUT2D eigenvalue weighted by Gasteiger charge is -2.14. The summed E-state index contributed by atoms with van der Waals surface area (Å²) in [4.78, 5) is 34.6. The van der Waals surface area contributed by atoms with Gasteiger partial charge >= 0.3 is 5.97 Å². The minimum Gasteiger partial charge on any atom is -0.480 e. The van der Waals surface area contributed by atoms with E-state index in [9.17, 15) is 14.4 Å².